The van der Waals surface area contributed by atoms with Crippen molar-refractivity contribution < 1.29 is 4.74 Å². The van der Waals surface area contributed by atoms with Gasteiger partial charge in [-0.3, -0.25) is 0 Å². The number of aryl methyl sites for hydroxylation is 1. The Balaban J connectivity index is 1.43. The summed E-state index contributed by atoms with van der Waals surface area (Å²) in [6.45, 7) is 11.0. The summed E-state index contributed by atoms with van der Waals surface area (Å²) < 4.78 is 5.65. The Labute approximate surface area is 197 Å². The van der Waals surface area contributed by atoms with Crippen LogP contribution in [0, 0.1) is 18.8 Å². The first-order valence-corrected chi connectivity index (χ1v) is 12.1. The number of thiocarbonyl (C=S) groups is 1. The van der Waals surface area contributed by atoms with Crippen molar-refractivity contribution in [1.82, 2.24) is 15.3 Å². The molecule has 2 aliphatic rings. The van der Waals surface area contributed by atoms with E-state index >= 15 is 0 Å². The van der Waals surface area contributed by atoms with Gasteiger partial charge in [0.05, 0.1) is 0 Å². The topological polar surface area (TPSA) is 62.3 Å². The predicted molar refractivity (Wildman–Crippen MR) is 134 cm³/mol. The van der Waals surface area contributed by atoms with E-state index in [-0.39, 0.29) is 5.41 Å². The van der Waals surface area contributed by atoms with Crippen LogP contribution in [-0.2, 0) is 10.2 Å². The van der Waals surface area contributed by atoms with Gasteiger partial charge in [0.15, 0.2) is 5.11 Å². The maximum Gasteiger partial charge on any atom is 0.231 e. The smallest absolute Gasteiger partial charge is 0.231 e. The summed E-state index contributed by atoms with van der Waals surface area (Å²) in [6, 6.07) is 12.8. The van der Waals surface area contributed by atoms with Crippen molar-refractivity contribution in [3.63, 3.8) is 0 Å². The molecule has 172 valence electrons. The molecule has 0 bridgehead atoms. The van der Waals surface area contributed by atoms with Crippen molar-refractivity contribution in [3.05, 3.63) is 47.7 Å². The van der Waals surface area contributed by atoms with Gasteiger partial charge in [-0.15, -0.1) is 0 Å². The molecule has 1 aromatic carbocycles. The lowest BCUT2D eigenvalue weighted by Crippen LogP contribution is -2.45. The Bertz CT molecular complexity index is 906. The number of nitrogens with one attached hydrogen (secondary N) is 2. The second-order valence-corrected chi connectivity index (χ2v) is 10.0. The number of hydrogen-bond donors (Lipinski definition) is 2. The van der Waals surface area contributed by atoms with Crippen LogP contribution in [0.15, 0.2) is 36.4 Å². The van der Waals surface area contributed by atoms with E-state index in [1.54, 1.807) is 0 Å². The highest BCUT2D eigenvalue weighted by Gasteiger charge is 2.34. The van der Waals surface area contributed by atoms with Gasteiger partial charge in [0.2, 0.25) is 5.95 Å². The van der Waals surface area contributed by atoms with Crippen LogP contribution < -0.4 is 15.5 Å². The zero-order valence-corrected chi connectivity index (χ0v) is 20.3. The SMILES string of the molecule is Cc1cc(N2C[C@H](C)C[C@@H](C)C2)nc(NC(=S)NCC2(c3ccccc3)CCOCC2)n1. The summed E-state index contributed by atoms with van der Waals surface area (Å²) in [5, 5.41) is 7.24. The molecule has 3 heterocycles. The van der Waals surface area contributed by atoms with Crippen LogP contribution in [0.2, 0.25) is 0 Å². The minimum Gasteiger partial charge on any atom is -0.381 e. The summed E-state index contributed by atoms with van der Waals surface area (Å²) in [5.74, 6) is 2.87. The Morgan fingerprint density at radius 3 is 2.50 bits per heavy atom. The number of ether oxygens (including phenoxy) is 1. The number of hydrogen-bond acceptors (Lipinski definition) is 5. The molecule has 0 radical (unpaired) electrons. The highest BCUT2D eigenvalue weighted by atomic mass is 32.1. The number of piperidine rings is 1. The maximum atomic E-state index is 5.65. The standard InChI is InChI=1S/C25H35N5OS/c1-18-13-19(2)16-30(15-18)22-14-20(3)27-23(28-22)29-24(32)26-17-25(9-11-31-12-10-25)21-7-5-4-6-8-21/h4-8,14,18-19H,9-13,15-17H2,1-3H3,(H2,26,27,28,29,32)/t18-,19-/m1/s1. The van der Waals surface area contributed by atoms with Gasteiger partial charge in [-0.05, 0) is 55.8 Å². The summed E-state index contributed by atoms with van der Waals surface area (Å²) in [6.07, 6.45) is 3.22. The third-order valence-corrected chi connectivity index (χ3v) is 6.93. The molecule has 2 saturated heterocycles. The van der Waals surface area contributed by atoms with E-state index in [4.69, 9.17) is 21.9 Å². The number of rotatable bonds is 5. The number of anilines is 2. The quantitative estimate of drug-likeness (QED) is 0.655. The van der Waals surface area contributed by atoms with Crippen molar-refractivity contribution in [1.29, 1.82) is 0 Å². The van der Waals surface area contributed by atoms with E-state index in [1.165, 1.54) is 12.0 Å². The third-order valence-electron chi connectivity index (χ3n) is 6.68. The Hall–Kier alpha value is -2.25. The fraction of sp³-hybridized carbons (Fsp3) is 0.560. The van der Waals surface area contributed by atoms with Gasteiger partial charge in [0, 0.05) is 50.0 Å². The molecule has 2 atom stereocenters. The lowest BCUT2D eigenvalue weighted by molar-refractivity contribution is 0.0515. The first kappa shape index (κ1) is 22.9. The molecule has 2 fully saturated rings. The van der Waals surface area contributed by atoms with Crippen molar-refractivity contribution in [3.8, 4) is 0 Å². The maximum absolute atomic E-state index is 5.65. The molecule has 0 amide bonds. The average Bonchev–Trinajstić information content (AvgIpc) is 2.78. The van der Waals surface area contributed by atoms with Crippen molar-refractivity contribution in [2.45, 2.75) is 45.4 Å². The first-order chi connectivity index (χ1) is 15.4. The van der Waals surface area contributed by atoms with E-state index in [0.717, 1.165) is 57.2 Å². The first-order valence-electron chi connectivity index (χ1n) is 11.7. The number of nitrogens with zero attached hydrogens (tertiary/aromatic N) is 3. The van der Waals surface area contributed by atoms with Gasteiger partial charge >= 0.3 is 0 Å². The van der Waals surface area contributed by atoms with Gasteiger partial charge in [-0.2, -0.15) is 4.98 Å². The highest BCUT2D eigenvalue weighted by molar-refractivity contribution is 7.80. The number of aromatic nitrogens is 2. The third kappa shape index (κ3) is 5.56. The minimum atomic E-state index is 0.0178. The van der Waals surface area contributed by atoms with Crippen LogP contribution in [0.4, 0.5) is 11.8 Å². The second-order valence-electron chi connectivity index (χ2n) is 9.61. The molecular formula is C25H35N5OS. The van der Waals surface area contributed by atoms with Gasteiger partial charge in [0.1, 0.15) is 5.82 Å². The second kappa shape index (κ2) is 10.1. The average molecular weight is 454 g/mol. The molecule has 0 saturated carbocycles. The minimum absolute atomic E-state index is 0.0178. The summed E-state index contributed by atoms with van der Waals surface area (Å²) in [5.41, 5.74) is 2.29. The molecule has 32 heavy (non-hydrogen) atoms. The van der Waals surface area contributed by atoms with Crippen LogP contribution in [-0.4, -0.2) is 47.9 Å². The van der Waals surface area contributed by atoms with Crippen LogP contribution in [0.1, 0.15) is 44.4 Å². The monoisotopic (exact) mass is 453 g/mol. The largest absolute Gasteiger partial charge is 0.381 e. The molecule has 6 nitrogen and oxygen atoms in total. The highest BCUT2D eigenvalue weighted by Crippen LogP contribution is 2.34. The van der Waals surface area contributed by atoms with E-state index in [1.807, 2.05) is 6.92 Å². The molecule has 2 aromatic rings. The molecular weight excluding hydrogens is 418 g/mol. The molecule has 1 aromatic heterocycles. The fourth-order valence-corrected chi connectivity index (χ4v) is 5.30. The molecule has 2 N–H and O–H groups in total. The van der Waals surface area contributed by atoms with Gasteiger partial charge < -0.3 is 20.3 Å². The zero-order chi connectivity index (χ0) is 22.6. The van der Waals surface area contributed by atoms with E-state index in [0.29, 0.717) is 22.9 Å². The van der Waals surface area contributed by atoms with E-state index < -0.39 is 0 Å². The summed E-state index contributed by atoms with van der Waals surface area (Å²) in [7, 11) is 0. The van der Waals surface area contributed by atoms with Crippen molar-refractivity contribution >= 4 is 29.1 Å². The van der Waals surface area contributed by atoms with Gasteiger partial charge in [-0.25, -0.2) is 4.98 Å². The Morgan fingerprint density at radius 2 is 1.81 bits per heavy atom. The normalized spacial score (nSPS) is 22.9. The molecule has 7 heteroatoms. The van der Waals surface area contributed by atoms with E-state index in [2.05, 4.69) is 70.8 Å². The summed E-state index contributed by atoms with van der Waals surface area (Å²) in [4.78, 5) is 11.7. The zero-order valence-electron chi connectivity index (χ0n) is 19.4. The van der Waals surface area contributed by atoms with E-state index in [9.17, 15) is 0 Å². The van der Waals surface area contributed by atoms with Crippen LogP contribution in [0.5, 0.6) is 0 Å². The summed E-state index contributed by atoms with van der Waals surface area (Å²) >= 11 is 5.64. The Morgan fingerprint density at radius 1 is 1.12 bits per heavy atom. The fourth-order valence-electron chi connectivity index (χ4n) is 5.14. The predicted octanol–water partition coefficient (Wildman–Crippen LogP) is 4.30. The van der Waals surface area contributed by atoms with Crippen LogP contribution in [0.3, 0.4) is 0 Å². The molecule has 0 spiro atoms. The molecule has 0 unspecified atom stereocenters. The van der Waals surface area contributed by atoms with Crippen LogP contribution in [0.25, 0.3) is 0 Å². The lowest BCUT2D eigenvalue weighted by atomic mass is 9.74. The van der Waals surface area contributed by atoms with Crippen LogP contribution >= 0.6 is 12.2 Å². The van der Waals surface area contributed by atoms with Gasteiger partial charge in [-0.1, -0.05) is 44.2 Å². The van der Waals surface area contributed by atoms with Gasteiger partial charge in [0.25, 0.3) is 0 Å². The van der Waals surface area contributed by atoms with Crippen molar-refractivity contribution in [2.24, 2.45) is 11.8 Å². The lowest BCUT2D eigenvalue weighted by Gasteiger charge is -2.38. The van der Waals surface area contributed by atoms with Crippen molar-refractivity contribution in [2.75, 3.05) is 43.1 Å². The molecule has 4 rings (SSSR count). The number of benzene rings is 1. The Kier molecular flexibility index (Phi) is 7.26. The molecule has 0 aliphatic carbocycles. The molecule has 2 aliphatic heterocycles.